The molecule has 0 saturated heterocycles. The van der Waals surface area contributed by atoms with E-state index in [9.17, 15) is 4.79 Å². The molecule has 0 aliphatic carbocycles. The summed E-state index contributed by atoms with van der Waals surface area (Å²) in [6, 6.07) is 7.68. The highest BCUT2D eigenvalue weighted by atomic mass is 79.9. The molecule has 0 aromatic heterocycles. The number of nitrogens with zero attached hydrogens (tertiary/aromatic N) is 1. The second-order valence-corrected chi connectivity index (χ2v) is 6.58. The van der Waals surface area contributed by atoms with Crippen molar-refractivity contribution in [3.05, 3.63) is 24.3 Å². The summed E-state index contributed by atoms with van der Waals surface area (Å²) in [5, 5.41) is 0. The molecule has 3 nitrogen and oxygen atoms in total. The SMILES string of the molecule is CC(C)(Br)C(=O)N1CCCOc2ccccc21. The van der Waals surface area contributed by atoms with Crippen molar-refractivity contribution in [2.45, 2.75) is 24.6 Å². The Kier molecular flexibility index (Phi) is 3.43. The van der Waals surface area contributed by atoms with E-state index in [2.05, 4.69) is 15.9 Å². The predicted molar refractivity (Wildman–Crippen MR) is 71.9 cm³/mol. The molecule has 0 bridgehead atoms. The molecule has 17 heavy (non-hydrogen) atoms. The monoisotopic (exact) mass is 297 g/mol. The van der Waals surface area contributed by atoms with Crippen LogP contribution in [0.25, 0.3) is 0 Å². The number of halogens is 1. The van der Waals surface area contributed by atoms with Crippen LogP contribution in [-0.2, 0) is 4.79 Å². The molecule has 0 atom stereocenters. The lowest BCUT2D eigenvalue weighted by molar-refractivity contribution is -0.119. The first-order chi connectivity index (χ1) is 8.00. The van der Waals surface area contributed by atoms with Gasteiger partial charge in [0.2, 0.25) is 5.91 Å². The lowest BCUT2D eigenvalue weighted by atomic mass is 10.1. The van der Waals surface area contributed by atoms with Gasteiger partial charge in [-0.2, -0.15) is 0 Å². The Labute approximate surface area is 110 Å². The van der Waals surface area contributed by atoms with Gasteiger partial charge in [-0.1, -0.05) is 28.1 Å². The molecule has 1 amide bonds. The van der Waals surface area contributed by atoms with E-state index < -0.39 is 4.32 Å². The zero-order valence-electron chi connectivity index (χ0n) is 10.1. The zero-order chi connectivity index (χ0) is 12.5. The van der Waals surface area contributed by atoms with Gasteiger partial charge < -0.3 is 9.64 Å². The van der Waals surface area contributed by atoms with Gasteiger partial charge in [-0.3, -0.25) is 4.79 Å². The van der Waals surface area contributed by atoms with Gasteiger partial charge in [0.05, 0.1) is 16.6 Å². The average Bonchev–Trinajstić information content (AvgIpc) is 2.48. The minimum Gasteiger partial charge on any atom is -0.491 e. The van der Waals surface area contributed by atoms with E-state index in [4.69, 9.17) is 4.74 Å². The first-order valence-corrected chi connectivity index (χ1v) is 6.52. The Morgan fingerprint density at radius 2 is 2.12 bits per heavy atom. The number of hydrogen-bond acceptors (Lipinski definition) is 2. The van der Waals surface area contributed by atoms with Crippen LogP contribution >= 0.6 is 15.9 Å². The molecule has 1 heterocycles. The topological polar surface area (TPSA) is 29.5 Å². The van der Waals surface area contributed by atoms with Crippen molar-refractivity contribution in [2.24, 2.45) is 0 Å². The van der Waals surface area contributed by atoms with Crippen LogP contribution in [0.3, 0.4) is 0 Å². The van der Waals surface area contributed by atoms with Gasteiger partial charge in [-0.05, 0) is 32.4 Å². The minimum atomic E-state index is -0.551. The maximum Gasteiger partial charge on any atom is 0.243 e. The third-order valence-electron chi connectivity index (χ3n) is 2.69. The van der Waals surface area contributed by atoms with Crippen LogP contribution < -0.4 is 9.64 Å². The van der Waals surface area contributed by atoms with E-state index in [1.807, 2.05) is 38.1 Å². The summed E-state index contributed by atoms with van der Waals surface area (Å²) >= 11 is 3.42. The van der Waals surface area contributed by atoms with E-state index in [1.165, 1.54) is 0 Å². The number of ether oxygens (including phenoxy) is 1. The standard InChI is InChI=1S/C13H16BrNO2/c1-13(2,14)12(16)15-8-5-9-17-11-7-4-3-6-10(11)15/h3-4,6-7H,5,8-9H2,1-2H3. The van der Waals surface area contributed by atoms with Crippen LogP contribution in [0.15, 0.2) is 24.3 Å². The average molecular weight is 298 g/mol. The molecule has 0 unspecified atom stereocenters. The zero-order valence-corrected chi connectivity index (χ0v) is 11.7. The van der Waals surface area contributed by atoms with Gasteiger partial charge in [0.25, 0.3) is 0 Å². The molecule has 92 valence electrons. The van der Waals surface area contributed by atoms with Crippen molar-refractivity contribution in [2.75, 3.05) is 18.1 Å². The third-order valence-corrected chi connectivity index (χ3v) is 3.03. The highest BCUT2D eigenvalue weighted by molar-refractivity contribution is 9.10. The summed E-state index contributed by atoms with van der Waals surface area (Å²) in [5.74, 6) is 0.852. The number of para-hydroxylation sites is 2. The van der Waals surface area contributed by atoms with Crippen LogP contribution in [0.5, 0.6) is 5.75 Å². The Balaban J connectivity index is 2.38. The second kappa shape index (κ2) is 4.69. The number of anilines is 1. The molecule has 0 spiro atoms. The predicted octanol–water partition coefficient (Wildman–Crippen LogP) is 2.98. The van der Waals surface area contributed by atoms with Crippen LogP contribution in [0, 0.1) is 0 Å². The Hall–Kier alpha value is -1.03. The largest absolute Gasteiger partial charge is 0.491 e. The lowest BCUT2D eigenvalue weighted by Crippen LogP contribution is -2.42. The molecule has 0 radical (unpaired) electrons. The summed E-state index contributed by atoms with van der Waals surface area (Å²) in [7, 11) is 0. The minimum absolute atomic E-state index is 0.0652. The van der Waals surface area contributed by atoms with E-state index >= 15 is 0 Å². The molecule has 1 aromatic carbocycles. The number of alkyl halides is 1. The highest BCUT2D eigenvalue weighted by Gasteiger charge is 2.32. The number of carbonyl (C=O) groups excluding carboxylic acids is 1. The number of rotatable bonds is 1. The third kappa shape index (κ3) is 2.63. The van der Waals surface area contributed by atoms with Gasteiger partial charge in [0.1, 0.15) is 5.75 Å². The summed E-state index contributed by atoms with van der Waals surface area (Å²) in [6.45, 7) is 5.09. The van der Waals surface area contributed by atoms with E-state index in [0.717, 1.165) is 17.9 Å². The number of benzene rings is 1. The van der Waals surface area contributed by atoms with Crippen molar-refractivity contribution in [3.8, 4) is 5.75 Å². The Bertz CT molecular complexity index is 426. The number of hydrogen-bond donors (Lipinski definition) is 0. The molecular weight excluding hydrogens is 282 g/mol. The second-order valence-electron chi connectivity index (χ2n) is 4.60. The van der Waals surface area contributed by atoms with Gasteiger partial charge >= 0.3 is 0 Å². The quantitative estimate of drug-likeness (QED) is 0.746. The number of amides is 1. The molecule has 2 rings (SSSR count). The Morgan fingerprint density at radius 1 is 1.41 bits per heavy atom. The molecule has 1 aliphatic heterocycles. The van der Waals surface area contributed by atoms with Gasteiger partial charge in [-0.25, -0.2) is 0 Å². The smallest absolute Gasteiger partial charge is 0.243 e. The molecule has 1 aliphatic rings. The number of fused-ring (bicyclic) bond motifs is 1. The summed E-state index contributed by atoms with van der Waals surface area (Å²) < 4.78 is 5.08. The van der Waals surface area contributed by atoms with Crippen molar-refractivity contribution in [3.63, 3.8) is 0 Å². The Morgan fingerprint density at radius 3 is 2.82 bits per heavy atom. The van der Waals surface area contributed by atoms with Crippen LogP contribution in [0.4, 0.5) is 5.69 Å². The summed E-state index contributed by atoms with van der Waals surface area (Å²) in [4.78, 5) is 14.2. The van der Waals surface area contributed by atoms with Crippen LogP contribution in [0.2, 0.25) is 0 Å². The molecule has 4 heteroatoms. The van der Waals surface area contributed by atoms with Gasteiger partial charge in [0.15, 0.2) is 0 Å². The first kappa shape index (κ1) is 12.4. The maximum atomic E-state index is 12.4. The lowest BCUT2D eigenvalue weighted by Gasteiger charge is -2.27. The summed E-state index contributed by atoms with van der Waals surface area (Å²) in [6.07, 6.45) is 0.851. The summed E-state index contributed by atoms with van der Waals surface area (Å²) in [5.41, 5.74) is 0.863. The maximum absolute atomic E-state index is 12.4. The van der Waals surface area contributed by atoms with E-state index in [1.54, 1.807) is 4.90 Å². The normalized spacial score (nSPS) is 15.8. The fourth-order valence-corrected chi connectivity index (χ4v) is 2.07. The first-order valence-electron chi connectivity index (χ1n) is 5.73. The molecule has 0 saturated carbocycles. The molecular formula is C13H16BrNO2. The molecule has 0 N–H and O–H groups in total. The van der Waals surface area contributed by atoms with Gasteiger partial charge in [-0.15, -0.1) is 0 Å². The van der Waals surface area contributed by atoms with Crippen molar-refractivity contribution < 1.29 is 9.53 Å². The van der Waals surface area contributed by atoms with Crippen molar-refractivity contribution in [1.82, 2.24) is 0 Å². The van der Waals surface area contributed by atoms with Crippen molar-refractivity contribution >= 4 is 27.5 Å². The van der Waals surface area contributed by atoms with Crippen LogP contribution in [0.1, 0.15) is 20.3 Å². The van der Waals surface area contributed by atoms with E-state index in [-0.39, 0.29) is 5.91 Å². The highest BCUT2D eigenvalue weighted by Crippen LogP contribution is 2.33. The number of carbonyl (C=O) groups is 1. The molecule has 1 aromatic rings. The fraction of sp³-hybridized carbons (Fsp3) is 0.462. The fourth-order valence-electron chi connectivity index (χ4n) is 1.86. The molecule has 0 fully saturated rings. The van der Waals surface area contributed by atoms with Gasteiger partial charge in [0, 0.05) is 6.54 Å². The van der Waals surface area contributed by atoms with Crippen molar-refractivity contribution in [1.29, 1.82) is 0 Å². The van der Waals surface area contributed by atoms with E-state index in [0.29, 0.717) is 13.2 Å². The van der Waals surface area contributed by atoms with Crippen LogP contribution in [-0.4, -0.2) is 23.4 Å².